The number of amides is 2. The molecule has 6 heteroatoms. The lowest BCUT2D eigenvalue weighted by atomic mass is 9.97. The van der Waals surface area contributed by atoms with Crippen LogP contribution in [-0.4, -0.2) is 30.4 Å². The lowest BCUT2D eigenvalue weighted by Gasteiger charge is -2.25. The van der Waals surface area contributed by atoms with Gasteiger partial charge in [0.05, 0.1) is 6.04 Å². The molecule has 0 aliphatic carbocycles. The standard InChI is InChI=1S/C20H30N2O4/c1-5-15(4)18(19(24)21-17(12-23)11-14(2)3)22-20(25)26-13-16-9-7-6-8-10-16/h6-10,12,14-15,17-18H,5,11,13H2,1-4H3,(H,21,24)(H,22,25)/t15?,17-,18?/m0/s1. The number of nitrogens with one attached hydrogen (secondary N) is 2. The van der Waals surface area contributed by atoms with E-state index in [9.17, 15) is 14.4 Å². The molecule has 0 heterocycles. The largest absolute Gasteiger partial charge is 0.445 e. The highest BCUT2D eigenvalue weighted by Gasteiger charge is 2.28. The lowest BCUT2D eigenvalue weighted by molar-refractivity contribution is -0.127. The van der Waals surface area contributed by atoms with E-state index in [-0.39, 0.29) is 24.3 Å². The molecule has 1 rings (SSSR count). The topological polar surface area (TPSA) is 84.5 Å². The Labute approximate surface area is 155 Å². The van der Waals surface area contributed by atoms with E-state index in [4.69, 9.17) is 4.74 Å². The fourth-order valence-corrected chi connectivity index (χ4v) is 2.52. The van der Waals surface area contributed by atoms with Gasteiger partial charge in [0.15, 0.2) is 0 Å². The predicted molar refractivity (Wildman–Crippen MR) is 100 cm³/mol. The Morgan fingerprint density at radius 1 is 1.12 bits per heavy atom. The minimum absolute atomic E-state index is 0.0920. The van der Waals surface area contributed by atoms with Crippen molar-refractivity contribution in [2.45, 2.75) is 59.2 Å². The average molecular weight is 362 g/mol. The molecule has 1 aromatic carbocycles. The number of rotatable bonds is 10. The molecule has 144 valence electrons. The summed E-state index contributed by atoms with van der Waals surface area (Å²) in [4.78, 5) is 35.9. The minimum atomic E-state index is -0.752. The molecule has 6 nitrogen and oxygen atoms in total. The Morgan fingerprint density at radius 3 is 2.31 bits per heavy atom. The minimum Gasteiger partial charge on any atom is -0.445 e. The van der Waals surface area contributed by atoms with Gasteiger partial charge in [-0.15, -0.1) is 0 Å². The number of ether oxygens (including phenoxy) is 1. The Balaban J connectivity index is 2.65. The highest BCUT2D eigenvalue weighted by Crippen LogP contribution is 2.10. The summed E-state index contributed by atoms with van der Waals surface area (Å²) < 4.78 is 5.20. The van der Waals surface area contributed by atoms with Crippen LogP contribution in [0.3, 0.4) is 0 Å². The van der Waals surface area contributed by atoms with Crippen molar-refractivity contribution < 1.29 is 19.1 Å². The van der Waals surface area contributed by atoms with Crippen molar-refractivity contribution in [3.05, 3.63) is 35.9 Å². The van der Waals surface area contributed by atoms with Crippen molar-refractivity contribution in [3.8, 4) is 0 Å². The van der Waals surface area contributed by atoms with Gasteiger partial charge in [-0.1, -0.05) is 64.4 Å². The molecule has 0 bridgehead atoms. The van der Waals surface area contributed by atoms with Crippen LogP contribution < -0.4 is 10.6 Å². The van der Waals surface area contributed by atoms with Gasteiger partial charge >= 0.3 is 6.09 Å². The summed E-state index contributed by atoms with van der Waals surface area (Å²) in [5, 5.41) is 5.35. The molecule has 0 radical (unpaired) electrons. The number of hydrogen-bond acceptors (Lipinski definition) is 4. The third kappa shape index (κ3) is 7.68. The number of aldehydes is 1. The van der Waals surface area contributed by atoms with E-state index in [1.165, 1.54) is 0 Å². The Hall–Kier alpha value is -2.37. The maximum absolute atomic E-state index is 12.6. The van der Waals surface area contributed by atoms with Gasteiger partial charge in [0.25, 0.3) is 0 Å². The van der Waals surface area contributed by atoms with Crippen molar-refractivity contribution in [3.63, 3.8) is 0 Å². The Kier molecular flexibility index (Phi) is 9.41. The van der Waals surface area contributed by atoms with Crippen molar-refractivity contribution in [2.75, 3.05) is 0 Å². The number of hydrogen-bond donors (Lipinski definition) is 2. The fraction of sp³-hybridized carbons (Fsp3) is 0.550. The normalized spacial score (nSPS) is 14.2. The quantitative estimate of drug-likeness (QED) is 0.627. The van der Waals surface area contributed by atoms with Gasteiger partial charge in [-0.2, -0.15) is 0 Å². The summed E-state index contributed by atoms with van der Waals surface area (Å²) in [5.74, 6) is -0.185. The summed E-state index contributed by atoms with van der Waals surface area (Å²) in [7, 11) is 0. The maximum atomic E-state index is 12.6. The van der Waals surface area contributed by atoms with E-state index in [0.29, 0.717) is 12.8 Å². The van der Waals surface area contributed by atoms with E-state index < -0.39 is 18.2 Å². The monoisotopic (exact) mass is 362 g/mol. The molecule has 2 N–H and O–H groups in total. The van der Waals surface area contributed by atoms with Gasteiger partial charge in [-0.25, -0.2) is 4.79 Å². The van der Waals surface area contributed by atoms with Gasteiger partial charge in [0, 0.05) is 0 Å². The van der Waals surface area contributed by atoms with Gasteiger partial charge in [0.2, 0.25) is 5.91 Å². The molecule has 2 unspecified atom stereocenters. The third-order valence-corrected chi connectivity index (χ3v) is 4.20. The van der Waals surface area contributed by atoms with E-state index in [2.05, 4.69) is 10.6 Å². The second-order valence-corrected chi connectivity index (χ2v) is 6.95. The van der Waals surface area contributed by atoms with Crippen molar-refractivity contribution in [2.24, 2.45) is 11.8 Å². The molecule has 26 heavy (non-hydrogen) atoms. The lowest BCUT2D eigenvalue weighted by Crippen LogP contribution is -2.53. The Morgan fingerprint density at radius 2 is 1.77 bits per heavy atom. The molecular weight excluding hydrogens is 332 g/mol. The van der Waals surface area contributed by atoms with Crippen LogP contribution >= 0.6 is 0 Å². The van der Waals surface area contributed by atoms with Gasteiger partial charge in [-0.3, -0.25) is 4.79 Å². The van der Waals surface area contributed by atoms with Gasteiger partial charge < -0.3 is 20.2 Å². The molecule has 0 aromatic heterocycles. The zero-order valence-corrected chi connectivity index (χ0v) is 16.0. The van der Waals surface area contributed by atoms with Gasteiger partial charge in [-0.05, 0) is 23.8 Å². The zero-order chi connectivity index (χ0) is 19.5. The van der Waals surface area contributed by atoms with E-state index in [1.54, 1.807) is 0 Å². The SMILES string of the molecule is CCC(C)C(NC(=O)OCc1ccccc1)C(=O)N[C@H](C=O)CC(C)C. The fourth-order valence-electron chi connectivity index (χ4n) is 2.52. The van der Waals surface area contributed by atoms with Crippen molar-refractivity contribution in [1.29, 1.82) is 0 Å². The van der Waals surface area contributed by atoms with Crippen molar-refractivity contribution >= 4 is 18.3 Å². The molecule has 0 saturated carbocycles. The number of carbonyl (C=O) groups is 3. The van der Waals surface area contributed by atoms with Crippen LogP contribution in [0.2, 0.25) is 0 Å². The highest BCUT2D eigenvalue weighted by atomic mass is 16.5. The first-order chi connectivity index (χ1) is 12.4. The van der Waals surface area contributed by atoms with Crippen molar-refractivity contribution in [1.82, 2.24) is 10.6 Å². The van der Waals surface area contributed by atoms with E-state index >= 15 is 0 Å². The first-order valence-electron chi connectivity index (χ1n) is 9.10. The van der Waals surface area contributed by atoms with E-state index in [1.807, 2.05) is 58.0 Å². The van der Waals surface area contributed by atoms with Crippen LogP contribution in [0.25, 0.3) is 0 Å². The molecule has 2 amide bonds. The van der Waals surface area contributed by atoms with Crippen LogP contribution in [0.15, 0.2) is 30.3 Å². The van der Waals surface area contributed by atoms with Crippen LogP contribution in [0, 0.1) is 11.8 Å². The average Bonchev–Trinajstić information content (AvgIpc) is 2.63. The number of alkyl carbamates (subject to hydrolysis) is 1. The molecule has 0 spiro atoms. The summed E-state index contributed by atoms with van der Waals surface area (Å²) in [6, 6.07) is 8.00. The number of benzene rings is 1. The smallest absolute Gasteiger partial charge is 0.408 e. The summed E-state index contributed by atoms with van der Waals surface area (Å²) in [6.45, 7) is 7.90. The first kappa shape index (κ1) is 21.7. The molecule has 3 atom stereocenters. The summed E-state index contributed by atoms with van der Waals surface area (Å²) in [5.41, 5.74) is 0.866. The van der Waals surface area contributed by atoms with Crippen LogP contribution in [0.5, 0.6) is 0 Å². The third-order valence-electron chi connectivity index (χ3n) is 4.20. The molecular formula is C20H30N2O4. The molecule has 1 aromatic rings. The van der Waals surface area contributed by atoms with Gasteiger partial charge in [0.1, 0.15) is 18.9 Å². The second-order valence-electron chi connectivity index (χ2n) is 6.95. The molecule has 0 fully saturated rings. The summed E-state index contributed by atoms with van der Waals surface area (Å²) >= 11 is 0. The highest BCUT2D eigenvalue weighted by molar-refractivity contribution is 5.87. The van der Waals surface area contributed by atoms with E-state index in [0.717, 1.165) is 11.8 Å². The second kappa shape index (κ2) is 11.3. The number of carbonyl (C=O) groups excluding carboxylic acids is 3. The molecule has 0 saturated heterocycles. The van der Waals surface area contributed by atoms with Crippen LogP contribution in [-0.2, 0) is 20.9 Å². The first-order valence-corrected chi connectivity index (χ1v) is 9.10. The zero-order valence-electron chi connectivity index (χ0n) is 16.0. The summed E-state index contributed by atoms with van der Waals surface area (Å²) in [6.07, 6.45) is 1.34. The predicted octanol–water partition coefficient (Wildman–Crippen LogP) is 3.06. The van der Waals surface area contributed by atoms with Crippen LogP contribution in [0.4, 0.5) is 4.79 Å². The van der Waals surface area contributed by atoms with Crippen LogP contribution in [0.1, 0.15) is 46.1 Å². The molecule has 0 aliphatic heterocycles. The maximum Gasteiger partial charge on any atom is 0.408 e. The Bertz CT molecular complexity index is 574. The molecule has 0 aliphatic rings.